The fourth-order valence-corrected chi connectivity index (χ4v) is 3.66. The van der Waals surface area contributed by atoms with Crippen LogP contribution in [0.5, 0.6) is 5.88 Å². The molecule has 0 saturated carbocycles. The SMILES string of the molecule is CCS(=O)(=O)CCN1Cc2ccnn2C[C@H](Oc2ccc(C#N)cn2)C1. The van der Waals surface area contributed by atoms with Crippen molar-refractivity contribution in [2.24, 2.45) is 0 Å². The molecule has 8 nitrogen and oxygen atoms in total. The van der Waals surface area contributed by atoms with Crippen molar-refractivity contribution in [1.82, 2.24) is 19.7 Å². The molecule has 0 unspecified atom stereocenters. The Morgan fingerprint density at radius 1 is 1.35 bits per heavy atom. The normalized spacial score (nSPS) is 17.9. The van der Waals surface area contributed by atoms with Gasteiger partial charge in [0, 0.05) is 43.8 Å². The van der Waals surface area contributed by atoms with Gasteiger partial charge in [0.05, 0.1) is 23.6 Å². The Bertz CT molecular complexity index is 886. The molecular weight excluding hydrogens is 354 g/mol. The molecule has 0 bridgehead atoms. The average Bonchev–Trinajstić information content (AvgIpc) is 3.00. The van der Waals surface area contributed by atoms with Gasteiger partial charge in [-0.2, -0.15) is 10.4 Å². The predicted molar refractivity (Wildman–Crippen MR) is 95.2 cm³/mol. The molecule has 138 valence electrons. The lowest BCUT2D eigenvalue weighted by Crippen LogP contribution is -2.37. The highest BCUT2D eigenvalue weighted by Crippen LogP contribution is 2.16. The van der Waals surface area contributed by atoms with Crippen LogP contribution in [0.2, 0.25) is 0 Å². The van der Waals surface area contributed by atoms with Gasteiger partial charge in [-0.3, -0.25) is 9.58 Å². The molecule has 3 heterocycles. The molecule has 0 amide bonds. The lowest BCUT2D eigenvalue weighted by atomic mass is 10.3. The van der Waals surface area contributed by atoms with E-state index >= 15 is 0 Å². The standard InChI is InChI=1S/C17H21N5O3S/c1-2-26(23,24)8-7-21-11-15-5-6-20-22(15)13-16(12-21)25-17-4-3-14(9-18)10-19-17/h3-6,10,16H,2,7-8,11-13H2,1H3/t16-/m1/s1. The minimum absolute atomic E-state index is 0.124. The lowest BCUT2D eigenvalue weighted by Gasteiger charge is -2.24. The second-order valence-corrected chi connectivity index (χ2v) is 8.69. The summed E-state index contributed by atoms with van der Waals surface area (Å²) in [7, 11) is -3.03. The number of sulfone groups is 1. The van der Waals surface area contributed by atoms with E-state index in [2.05, 4.69) is 15.0 Å². The number of aromatic nitrogens is 3. The Morgan fingerprint density at radius 2 is 2.19 bits per heavy atom. The molecular formula is C17H21N5O3S. The van der Waals surface area contributed by atoms with Crippen molar-refractivity contribution >= 4 is 9.84 Å². The number of hydrogen-bond donors (Lipinski definition) is 0. The number of pyridine rings is 1. The maximum atomic E-state index is 11.8. The van der Waals surface area contributed by atoms with Crippen molar-refractivity contribution in [1.29, 1.82) is 5.26 Å². The highest BCUT2D eigenvalue weighted by molar-refractivity contribution is 7.91. The van der Waals surface area contributed by atoms with Crippen LogP contribution in [0.1, 0.15) is 18.2 Å². The molecule has 3 rings (SSSR count). The van der Waals surface area contributed by atoms with Gasteiger partial charge in [-0.15, -0.1) is 0 Å². The summed E-state index contributed by atoms with van der Waals surface area (Å²) in [6.45, 7) is 3.86. The van der Waals surface area contributed by atoms with Crippen LogP contribution in [0.25, 0.3) is 0 Å². The van der Waals surface area contributed by atoms with E-state index in [-0.39, 0.29) is 17.6 Å². The van der Waals surface area contributed by atoms with Crippen LogP contribution < -0.4 is 4.74 Å². The number of nitriles is 1. The van der Waals surface area contributed by atoms with E-state index in [9.17, 15) is 8.42 Å². The summed E-state index contributed by atoms with van der Waals surface area (Å²) in [6.07, 6.45) is 2.98. The van der Waals surface area contributed by atoms with Crippen molar-refractivity contribution in [2.75, 3.05) is 24.6 Å². The number of ether oxygens (including phenoxy) is 1. The van der Waals surface area contributed by atoms with Gasteiger partial charge in [-0.1, -0.05) is 6.92 Å². The summed E-state index contributed by atoms with van der Waals surface area (Å²) in [5, 5.41) is 13.2. The fraction of sp³-hybridized carbons (Fsp3) is 0.471. The quantitative estimate of drug-likeness (QED) is 0.737. The van der Waals surface area contributed by atoms with Crippen molar-refractivity contribution in [3.8, 4) is 11.9 Å². The van der Waals surface area contributed by atoms with Gasteiger partial charge in [-0.25, -0.2) is 13.4 Å². The van der Waals surface area contributed by atoms with Gasteiger partial charge >= 0.3 is 0 Å². The van der Waals surface area contributed by atoms with Crippen molar-refractivity contribution in [2.45, 2.75) is 26.1 Å². The number of nitrogens with zero attached hydrogens (tertiary/aromatic N) is 5. The first-order chi connectivity index (χ1) is 12.5. The summed E-state index contributed by atoms with van der Waals surface area (Å²) in [6, 6.07) is 7.28. The maximum Gasteiger partial charge on any atom is 0.213 e. The molecule has 0 N–H and O–H groups in total. The molecule has 26 heavy (non-hydrogen) atoms. The Kier molecular flexibility index (Phi) is 5.54. The summed E-state index contributed by atoms with van der Waals surface area (Å²) in [4.78, 5) is 6.22. The molecule has 9 heteroatoms. The first-order valence-corrected chi connectivity index (χ1v) is 10.3. The summed E-state index contributed by atoms with van der Waals surface area (Å²) >= 11 is 0. The molecule has 0 saturated heterocycles. The fourth-order valence-electron chi connectivity index (χ4n) is 2.84. The van der Waals surface area contributed by atoms with Gasteiger partial charge in [0.15, 0.2) is 9.84 Å². The monoisotopic (exact) mass is 375 g/mol. The summed E-state index contributed by atoms with van der Waals surface area (Å²) in [5.41, 5.74) is 1.50. The topological polar surface area (TPSA) is 101 Å². The molecule has 2 aromatic rings. The highest BCUT2D eigenvalue weighted by Gasteiger charge is 2.25. The number of rotatable bonds is 6. The molecule has 1 aliphatic rings. The summed E-state index contributed by atoms with van der Waals surface area (Å²) in [5.74, 6) is 0.707. The van der Waals surface area contributed by atoms with E-state index in [1.54, 1.807) is 25.3 Å². The Hall–Kier alpha value is -2.44. The predicted octanol–water partition coefficient (Wildman–Crippen LogP) is 0.848. The van der Waals surface area contributed by atoms with Crippen LogP contribution in [0.4, 0.5) is 0 Å². The van der Waals surface area contributed by atoms with Crippen molar-refractivity contribution in [3.05, 3.63) is 41.9 Å². The van der Waals surface area contributed by atoms with Gasteiger partial charge < -0.3 is 4.74 Å². The smallest absolute Gasteiger partial charge is 0.213 e. The second kappa shape index (κ2) is 7.85. The van der Waals surface area contributed by atoms with Gasteiger partial charge in [0.25, 0.3) is 0 Å². The second-order valence-electron chi connectivity index (χ2n) is 6.21. The van der Waals surface area contributed by atoms with Crippen LogP contribution >= 0.6 is 0 Å². The molecule has 1 atom stereocenters. The van der Waals surface area contributed by atoms with E-state index in [0.717, 1.165) is 5.69 Å². The molecule has 0 aromatic carbocycles. The van der Waals surface area contributed by atoms with Gasteiger partial charge in [-0.05, 0) is 12.1 Å². The minimum atomic E-state index is -3.03. The lowest BCUT2D eigenvalue weighted by molar-refractivity contribution is 0.124. The van der Waals surface area contributed by atoms with E-state index in [1.807, 2.05) is 16.8 Å². The van der Waals surface area contributed by atoms with Crippen LogP contribution in [0, 0.1) is 11.3 Å². The van der Waals surface area contributed by atoms with Crippen LogP contribution in [0.3, 0.4) is 0 Å². The molecule has 2 aromatic heterocycles. The van der Waals surface area contributed by atoms with E-state index in [1.165, 1.54) is 6.20 Å². The third-order valence-electron chi connectivity index (χ3n) is 4.34. The van der Waals surface area contributed by atoms with E-state index < -0.39 is 9.84 Å². The zero-order valence-corrected chi connectivity index (χ0v) is 15.4. The Balaban J connectivity index is 1.73. The third kappa shape index (κ3) is 4.59. The van der Waals surface area contributed by atoms with Gasteiger partial charge in [0.2, 0.25) is 5.88 Å². The third-order valence-corrected chi connectivity index (χ3v) is 6.02. The zero-order chi connectivity index (χ0) is 18.6. The van der Waals surface area contributed by atoms with Crippen molar-refractivity contribution < 1.29 is 13.2 Å². The highest BCUT2D eigenvalue weighted by atomic mass is 32.2. The molecule has 0 spiro atoms. The number of fused-ring (bicyclic) bond motifs is 1. The molecule has 0 aliphatic carbocycles. The van der Waals surface area contributed by atoms with E-state index in [4.69, 9.17) is 10.00 Å². The number of hydrogen-bond acceptors (Lipinski definition) is 7. The molecule has 0 fully saturated rings. The van der Waals surface area contributed by atoms with Crippen LogP contribution in [-0.4, -0.2) is 58.8 Å². The van der Waals surface area contributed by atoms with Crippen LogP contribution in [-0.2, 0) is 22.9 Å². The average molecular weight is 375 g/mol. The Labute approximate surface area is 152 Å². The van der Waals surface area contributed by atoms with Crippen LogP contribution in [0.15, 0.2) is 30.6 Å². The summed E-state index contributed by atoms with van der Waals surface area (Å²) < 4.78 is 31.5. The first kappa shape index (κ1) is 18.4. The molecule has 0 radical (unpaired) electrons. The minimum Gasteiger partial charge on any atom is -0.471 e. The zero-order valence-electron chi connectivity index (χ0n) is 14.6. The first-order valence-electron chi connectivity index (χ1n) is 8.45. The maximum absolute atomic E-state index is 11.8. The largest absolute Gasteiger partial charge is 0.471 e. The molecule has 1 aliphatic heterocycles. The van der Waals surface area contributed by atoms with Gasteiger partial charge in [0.1, 0.15) is 12.2 Å². The van der Waals surface area contributed by atoms with E-state index in [0.29, 0.717) is 37.6 Å². The Morgan fingerprint density at radius 3 is 2.88 bits per heavy atom. The van der Waals surface area contributed by atoms with Crippen molar-refractivity contribution in [3.63, 3.8) is 0 Å².